The third-order valence-electron chi connectivity index (χ3n) is 4.01. The number of carbonyl (C=O) groups is 1. The van der Waals surface area contributed by atoms with Crippen molar-refractivity contribution < 1.29 is 4.79 Å². The Bertz CT molecular complexity index is 671. The summed E-state index contributed by atoms with van der Waals surface area (Å²) in [6, 6.07) is 9.95. The average Bonchev–Trinajstić information content (AvgIpc) is 2.85. The maximum absolute atomic E-state index is 12.6. The van der Waals surface area contributed by atoms with E-state index in [0.29, 0.717) is 6.54 Å². The van der Waals surface area contributed by atoms with Crippen LogP contribution in [-0.2, 0) is 6.54 Å². The second-order valence-corrected chi connectivity index (χ2v) is 5.83. The highest BCUT2D eigenvalue weighted by atomic mass is 16.2. The van der Waals surface area contributed by atoms with E-state index >= 15 is 0 Å². The molecule has 5 nitrogen and oxygen atoms in total. The van der Waals surface area contributed by atoms with Crippen LogP contribution in [0.1, 0.15) is 27.3 Å². The van der Waals surface area contributed by atoms with Crippen LogP contribution in [0.5, 0.6) is 0 Å². The number of nitrogens with one attached hydrogen (secondary N) is 1. The fourth-order valence-electron chi connectivity index (χ4n) is 2.86. The fourth-order valence-corrected chi connectivity index (χ4v) is 2.86. The molecule has 3 rings (SSSR count). The summed E-state index contributed by atoms with van der Waals surface area (Å²) in [6.45, 7) is 8.04. The monoisotopic (exact) mass is 298 g/mol. The minimum Gasteiger partial charge on any atom is -0.336 e. The SMILES string of the molecule is Cc1cc(C)n(Cc2cccc(C(=O)N3CCNCC3)c2)n1. The number of rotatable bonds is 3. The lowest BCUT2D eigenvalue weighted by Crippen LogP contribution is -2.46. The van der Waals surface area contributed by atoms with Crippen LogP contribution >= 0.6 is 0 Å². The molecule has 5 heteroatoms. The zero-order valence-corrected chi connectivity index (χ0v) is 13.2. The molecule has 0 radical (unpaired) electrons. The predicted octanol–water partition coefficient (Wildman–Crippen LogP) is 1.59. The lowest BCUT2D eigenvalue weighted by molar-refractivity contribution is 0.0735. The van der Waals surface area contributed by atoms with Gasteiger partial charge in [0.1, 0.15) is 0 Å². The molecule has 0 saturated carbocycles. The van der Waals surface area contributed by atoms with Crippen LogP contribution in [-0.4, -0.2) is 46.8 Å². The van der Waals surface area contributed by atoms with Gasteiger partial charge in [0.15, 0.2) is 0 Å². The number of aromatic nitrogens is 2. The summed E-state index contributed by atoms with van der Waals surface area (Å²) >= 11 is 0. The largest absolute Gasteiger partial charge is 0.336 e. The van der Waals surface area contributed by atoms with Crippen molar-refractivity contribution in [1.29, 1.82) is 0 Å². The van der Waals surface area contributed by atoms with E-state index in [-0.39, 0.29) is 5.91 Å². The normalized spacial score (nSPS) is 15.1. The highest BCUT2D eigenvalue weighted by molar-refractivity contribution is 5.94. The van der Waals surface area contributed by atoms with Gasteiger partial charge in [-0.25, -0.2) is 0 Å². The first-order valence-corrected chi connectivity index (χ1v) is 7.73. The number of nitrogens with zero attached hydrogens (tertiary/aromatic N) is 3. The Morgan fingerprint density at radius 2 is 2.00 bits per heavy atom. The van der Waals surface area contributed by atoms with Gasteiger partial charge in [-0.2, -0.15) is 5.10 Å². The summed E-state index contributed by atoms with van der Waals surface area (Å²) in [5, 5.41) is 7.75. The molecule has 0 atom stereocenters. The summed E-state index contributed by atoms with van der Waals surface area (Å²) in [7, 11) is 0. The number of benzene rings is 1. The number of piperazine rings is 1. The first-order valence-electron chi connectivity index (χ1n) is 7.73. The first kappa shape index (κ1) is 14.8. The molecule has 0 aliphatic carbocycles. The molecule has 0 unspecified atom stereocenters. The quantitative estimate of drug-likeness (QED) is 0.936. The van der Waals surface area contributed by atoms with E-state index in [1.54, 1.807) is 0 Å². The van der Waals surface area contributed by atoms with Crippen LogP contribution in [0, 0.1) is 13.8 Å². The molecule has 1 saturated heterocycles. The van der Waals surface area contributed by atoms with Crippen LogP contribution in [0.25, 0.3) is 0 Å². The van der Waals surface area contributed by atoms with Gasteiger partial charge in [0.2, 0.25) is 0 Å². The van der Waals surface area contributed by atoms with Crippen LogP contribution in [0.15, 0.2) is 30.3 Å². The molecular weight excluding hydrogens is 276 g/mol. The number of hydrogen-bond donors (Lipinski definition) is 1. The van der Waals surface area contributed by atoms with E-state index in [4.69, 9.17) is 0 Å². The molecule has 116 valence electrons. The molecule has 1 fully saturated rings. The van der Waals surface area contributed by atoms with Gasteiger partial charge in [-0.1, -0.05) is 12.1 Å². The highest BCUT2D eigenvalue weighted by Gasteiger charge is 2.18. The van der Waals surface area contributed by atoms with Crippen LogP contribution in [0.2, 0.25) is 0 Å². The molecule has 0 spiro atoms. The zero-order chi connectivity index (χ0) is 15.5. The molecule has 1 aliphatic heterocycles. The van der Waals surface area contributed by atoms with Gasteiger partial charge in [-0.05, 0) is 37.6 Å². The summed E-state index contributed by atoms with van der Waals surface area (Å²) in [5.41, 5.74) is 4.02. The Morgan fingerprint density at radius 1 is 1.23 bits per heavy atom. The summed E-state index contributed by atoms with van der Waals surface area (Å²) < 4.78 is 1.98. The molecule has 22 heavy (non-hydrogen) atoms. The number of hydrogen-bond acceptors (Lipinski definition) is 3. The van der Waals surface area contributed by atoms with Crippen LogP contribution in [0.4, 0.5) is 0 Å². The zero-order valence-electron chi connectivity index (χ0n) is 13.2. The molecular formula is C17H22N4O. The number of amides is 1. The van der Waals surface area contributed by atoms with Crippen molar-refractivity contribution in [3.8, 4) is 0 Å². The Kier molecular flexibility index (Phi) is 4.24. The van der Waals surface area contributed by atoms with E-state index in [1.807, 2.05) is 40.8 Å². The molecule has 1 amide bonds. The van der Waals surface area contributed by atoms with E-state index in [1.165, 1.54) is 0 Å². The van der Waals surface area contributed by atoms with Crippen molar-refractivity contribution in [2.75, 3.05) is 26.2 Å². The Balaban J connectivity index is 1.77. The van der Waals surface area contributed by atoms with Gasteiger partial charge in [-0.15, -0.1) is 0 Å². The highest BCUT2D eigenvalue weighted by Crippen LogP contribution is 2.12. The van der Waals surface area contributed by atoms with Crippen molar-refractivity contribution in [3.63, 3.8) is 0 Å². The minimum atomic E-state index is 0.122. The van der Waals surface area contributed by atoms with Crippen LogP contribution in [0.3, 0.4) is 0 Å². The fraction of sp³-hybridized carbons (Fsp3) is 0.412. The summed E-state index contributed by atoms with van der Waals surface area (Å²) in [6.07, 6.45) is 0. The van der Waals surface area contributed by atoms with E-state index < -0.39 is 0 Å². The van der Waals surface area contributed by atoms with Crippen molar-refractivity contribution in [2.45, 2.75) is 20.4 Å². The predicted molar refractivity (Wildman–Crippen MR) is 86.0 cm³/mol. The Labute approximate surface area is 130 Å². The lowest BCUT2D eigenvalue weighted by atomic mass is 10.1. The maximum Gasteiger partial charge on any atom is 0.253 e. The van der Waals surface area contributed by atoms with E-state index in [2.05, 4.69) is 23.4 Å². The third-order valence-corrected chi connectivity index (χ3v) is 4.01. The molecule has 2 aromatic rings. The summed E-state index contributed by atoms with van der Waals surface area (Å²) in [5.74, 6) is 0.122. The van der Waals surface area contributed by atoms with Crippen molar-refractivity contribution in [2.24, 2.45) is 0 Å². The standard InChI is InChI=1S/C17H22N4O/c1-13-10-14(2)21(19-13)12-15-4-3-5-16(11-15)17(22)20-8-6-18-7-9-20/h3-5,10-11,18H,6-9,12H2,1-2H3. The molecule has 1 N–H and O–H groups in total. The minimum absolute atomic E-state index is 0.122. The summed E-state index contributed by atoms with van der Waals surface area (Å²) in [4.78, 5) is 14.5. The molecule has 1 aromatic carbocycles. The van der Waals surface area contributed by atoms with Crippen molar-refractivity contribution in [1.82, 2.24) is 20.0 Å². The maximum atomic E-state index is 12.6. The second-order valence-electron chi connectivity index (χ2n) is 5.83. The lowest BCUT2D eigenvalue weighted by Gasteiger charge is -2.27. The van der Waals surface area contributed by atoms with Gasteiger partial charge < -0.3 is 10.2 Å². The van der Waals surface area contributed by atoms with Gasteiger partial charge in [0.05, 0.1) is 12.2 Å². The molecule has 2 heterocycles. The first-order chi connectivity index (χ1) is 10.6. The van der Waals surface area contributed by atoms with E-state index in [0.717, 1.165) is 48.7 Å². The third kappa shape index (κ3) is 3.20. The second kappa shape index (κ2) is 6.32. The number of carbonyl (C=O) groups excluding carboxylic acids is 1. The topological polar surface area (TPSA) is 50.2 Å². The van der Waals surface area contributed by atoms with Gasteiger partial charge in [-0.3, -0.25) is 9.48 Å². The number of aryl methyl sites for hydroxylation is 2. The van der Waals surface area contributed by atoms with Crippen molar-refractivity contribution >= 4 is 5.91 Å². The molecule has 1 aromatic heterocycles. The van der Waals surface area contributed by atoms with Crippen LogP contribution < -0.4 is 5.32 Å². The van der Waals surface area contributed by atoms with Crippen molar-refractivity contribution in [3.05, 3.63) is 52.8 Å². The Morgan fingerprint density at radius 3 is 2.68 bits per heavy atom. The Hall–Kier alpha value is -2.14. The van der Waals surface area contributed by atoms with Gasteiger partial charge in [0, 0.05) is 37.4 Å². The average molecular weight is 298 g/mol. The molecule has 1 aliphatic rings. The van der Waals surface area contributed by atoms with Gasteiger partial charge >= 0.3 is 0 Å². The molecule has 0 bridgehead atoms. The smallest absolute Gasteiger partial charge is 0.253 e. The van der Waals surface area contributed by atoms with Gasteiger partial charge in [0.25, 0.3) is 5.91 Å². The van der Waals surface area contributed by atoms with E-state index in [9.17, 15) is 4.79 Å².